The molecule has 2 aliphatic rings. The molecule has 162 valence electrons. The Hall–Kier alpha value is -3.27. The Kier molecular flexibility index (Phi) is 5.14. The third kappa shape index (κ3) is 3.67. The number of anilines is 2. The molecular formula is C21H26N8O2. The van der Waals surface area contributed by atoms with Gasteiger partial charge in [-0.25, -0.2) is 0 Å². The fourth-order valence-corrected chi connectivity index (χ4v) is 4.23. The number of carbonyl (C=O) groups is 1. The molecule has 0 unspecified atom stereocenters. The van der Waals surface area contributed by atoms with Crippen molar-refractivity contribution in [2.75, 3.05) is 56.7 Å². The van der Waals surface area contributed by atoms with Gasteiger partial charge in [0.05, 0.1) is 24.9 Å². The van der Waals surface area contributed by atoms with Gasteiger partial charge in [0.1, 0.15) is 6.04 Å². The molecule has 0 bridgehead atoms. The van der Waals surface area contributed by atoms with Crippen LogP contribution in [0.25, 0.3) is 22.3 Å². The summed E-state index contributed by atoms with van der Waals surface area (Å²) in [4.78, 5) is 33.0. The maximum atomic E-state index is 12.8. The molecule has 2 saturated heterocycles. The van der Waals surface area contributed by atoms with Gasteiger partial charge in [0.25, 0.3) is 0 Å². The van der Waals surface area contributed by atoms with Crippen molar-refractivity contribution in [2.24, 2.45) is 0 Å². The highest BCUT2D eigenvalue weighted by molar-refractivity contribution is 5.92. The van der Waals surface area contributed by atoms with Crippen LogP contribution in [0, 0.1) is 0 Å². The summed E-state index contributed by atoms with van der Waals surface area (Å²) >= 11 is 0. The Balaban J connectivity index is 1.61. The average molecular weight is 422 g/mol. The lowest BCUT2D eigenvalue weighted by Gasteiger charge is -2.29. The first kappa shape index (κ1) is 19.7. The number of likely N-dealkylation sites (N-methyl/N-ethyl adjacent to an activating group) is 1. The summed E-state index contributed by atoms with van der Waals surface area (Å²) in [5, 5.41) is 8.13. The Labute approximate surface area is 180 Å². The number of carbonyl (C=O) groups excluding carboxylic acids is 1. The molecule has 2 aliphatic heterocycles. The van der Waals surface area contributed by atoms with Gasteiger partial charge in [-0.1, -0.05) is 12.1 Å². The zero-order chi connectivity index (χ0) is 21.4. The molecule has 0 aliphatic carbocycles. The number of nitrogens with zero attached hydrogens (tertiary/aromatic N) is 7. The molecule has 1 aromatic carbocycles. The molecule has 2 fully saturated rings. The van der Waals surface area contributed by atoms with E-state index >= 15 is 0 Å². The Bertz CT molecular complexity index is 1090. The third-order valence-corrected chi connectivity index (χ3v) is 5.87. The standard InChI is InChI=1S/C21H26N8O2/c1-27(2)19(30)17-7-4-8-29(17)21-24-18(14-5-3-6-16-15(14)13-22-26-16)23-20(25-21)28-9-11-31-12-10-28/h3,5-6,13,17H,4,7-12H2,1-2H3,(H,22,26)/t17-/m1/s1. The van der Waals surface area contributed by atoms with Crippen molar-refractivity contribution in [3.05, 3.63) is 24.4 Å². The number of hydrogen-bond donors (Lipinski definition) is 1. The number of aromatic amines is 1. The van der Waals surface area contributed by atoms with Gasteiger partial charge in [-0.05, 0) is 18.9 Å². The van der Waals surface area contributed by atoms with Crippen molar-refractivity contribution in [1.29, 1.82) is 0 Å². The van der Waals surface area contributed by atoms with E-state index in [1.165, 1.54) is 0 Å². The lowest BCUT2D eigenvalue weighted by molar-refractivity contribution is -0.129. The van der Waals surface area contributed by atoms with E-state index in [0.29, 0.717) is 30.9 Å². The molecule has 1 N–H and O–H groups in total. The van der Waals surface area contributed by atoms with Crippen molar-refractivity contribution < 1.29 is 9.53 Å². The molecule has 2 aromatic heterocycles. The minimum absolute atomic E-state index is 0.0734. The monoisotopic (exact) mass is 422 g/mol. The van der Waals surface area contributed by atoms with Gasteiger partial charge in [-0.15, -0.1) is 0 Å². The van der Waals surface area contributed by atoms with Crippen molar-refractivity contribution in [3.8, 4) is 11.4 Å². The number of nitrogens with one attached hydrogen (secondary N) is 1. The van der Waals surface area contributed by atoms with E-state index in [-0.39, 0.29) is 11.9 Å². The number of rotatable bonds is 4. The average Bonchev–Trinajstić information content (AvgIpc) is 3.48. The molecule has 0 spiro atoms. The summed E-state index contributed by atoms with van der Waals surface area (Å²) in [5.74, 6) is 1.82. The number of ether oxygens (including phenoxy) is 1. The van der Waals surface area contributed by atoms with E-state index in [1.807, 2.05) is 23.1 Å². The summed E-state index contributed by atoms with van der Waals surface area (Å²) in [7, 11) is 3.58. The second-order valence-corrected chi connectivity index (χ2v) is 8.08. The highest BCUT2D eigenvalue weighted by Gasteiger charge is 2.34. The van der Waals surface area contributed by atoms with Crippen molar-refractivity contribution in [1.82, 2.24) is 30.0 Å². The number of aromatic nitrogens is 5. The van der Waals surface area contributed by atoms with E-state index in [1.54, 1.807) is 25.2 Å². The van der Waals surface area contributed by atoms with Crippen LogP contribution in [0.4, 0.5) is 11.9 Å². The molecule has 1 amide bonds. The highest BCUT2D eigenvalue weighted by Crippen LogP contribution is 2.30. The van der Waals surface area contributed by atoms with Crippen LogP contribution in [-0.2, 0) is 9.53 Å². The first-order valence-electron chi connectivity index (χ1n) is 10.6. The van der Waals surface area contributed by atoms with Crippen LogP contribution in [0.2, 0.25) is 0 Å². The maximum Gasteiger partial charge on any atom is 0.244 e. The molecule has 0 radical (unpaired) electrons. The van der Waals surface area contributed by atoms with E-state index < -0.39 is 0 Å². The van der Waals surface area contributed by atoms with Crippen LogP contribution < -0.4 is 9.80 Å². The normalized spacial score (nSPS) is 19.2. The summed E-state index contributed by atoms with van der Waals surface area (Å²) in [6.45, 7) is 3.46. The summed E-state index contributed by atoms with van der Waals surface area (Å²) in [5.41, 5.74) is 1.81. The van der Waals surface area contributed by atoms with Crippen molar-refractivity contribution in [2.45, 2.75) is 18.9 Å². The quantitative estimate of drug-likeness (QED) is 0.671. The molecule has 10 heteroatoms. The molecule has 0 saturated carbocycles. The number of benzene rings is 1. The van der Waals surface area contributed by atoms with Crippen LogP contribution in [0.3, 0.4) is 0 Å². The fourth-order valence-electron chi connectivity index (χ4n) is 4.23. The lowest BCUT2D eigenvalue weighted by Crippen LogP contribution is -2.44. The van der Waals surface area contributed by atoms with Crippen LogP contribution in [0.15, 0.2) is 24.4 Å². The Morgan fingerprint density at radius 1 is 1.13 bits per heavy atom. The lowest BCUT2D eigenvalue weighted by atomic mass is 10.1. The second kappa shape index (κ2) is 8.10. The number of morpholine rings is 1. The van der Waals surface area contributed by atoms with Crippen LogP contribution in [-0.4, -0.2) is 88.9 Å². The second-order valence-electron chi connectivity index (χ2n) is 8.08. The smallest absolute Gasteiger partial charge is 0.244 e. The van der Waals surface area contributed by atoms with Crippen molar-refractivity contribution in [3.63, 3.8) is 0 Å². The summed E-state index contributed by atoms with van der Waals surface area (Å²) in [6, 6.07) is 5.67. The van der Waals surface area contributed by atoms with Crippen LogP contribution in [0.1, 0.15) is 12.8 Å². The Morgan fingerprint density at radius 2 is 1.94 bits per heavy atom. The van der Waals surface area contributed by atoms with Gasteiger partial charge in [-0.2, -0.15) is 20.1 Å². The largest absolute Gasteiger partial charge is 0.378 e. The van der Waals surface area contributed by atoms with E-state index in [9.17, 15) is 4.79 Å². The highest BCUT2D eigenvalue weighted by atomic mass is 16.5. The molecular weight excluding hydrogens is 396 g/mol. The third-order valence-electron chi connectivity index (χ3n) is 5.87. The van der Waals surface area contributed by atoms with Gasteiger partial charge >= 0.3 is 0 Å². The maximum absolute atomic E-state index is 12.8. The summed E-state index contributed by atoms with van der Waals surface area (Å²) in [6.07, 6.45) is 3.51. The van der Waals surface area contributed by atoms with Gasteiger partial charge < -0.3 is 19.4 Å². The first-order chi connectivity index (χ1) is 15.1. The fraction of sp³-hybridized carbons (Fsp3) is 0.476. The van der Waals surface area contributed by atoms with Gasteiger partial charge in [0.2, 0.25) is 17.8 Å². The van der Waals surface area contributed by atoms with Crippen LogP contribution in [0.5, 0.6) is 0 Å². The van der Waals surface area contributed by atoms with E-state index in [2.05, 4.69) is 15.1 Å². The predicted molar refractivity (Wildman–Crippen MR) is 117 cm³/mol. The zero-order valence-corrected chi connectivity index (χ0v) is 17.8. The molecule has 3 aromatic rings. The molecule has 1 atom stereocenters. The topological polar surface area (TPSA) is 103 Å². The molecule has 10 nitrogen and oxygen atoms in total. The molecule has 4 heterocycles. The predicted octanol–water partition coefficient (Wildman–Crippen LogP) is 1.31. The van der Waals surface area contributed by atoms with E-state index in [0.717, 1.165) is 48.9 Å². The number of hydrogen-bond acceptors (Lipinski definition) is 8. The molecule has 31 heavy (non-hydrogen) atoms. The van der Waals surface area contributed by atoms with Crippen LogP contribution >= 0.6 is 0 Å². The minimum atomic E-state index is -0.257. The van der Waals surface area contributed by atoms with Gasteiger partial charge in [-0.3, -0.25) is 9.89 Å². The summed E-state index contributed by atoms with van der Waals surface area (Å²) < 4.78 is 5.50. The number of H-pyrrole nitrogens is 1. The van der Waals surface area contributed by atoms with Gasteiger partial charge in [0, 0.05) is 44.7 Å². The SMILES string of the molecule is CN(C)C(=O)[C@H]1CCCN1c1nc(-c2cccc3[nH]ncc23)nc(N2CCOCC2)n1. The van der Waals surface area contributed by atoms with E-state index in [4.69, 9.17) is 19.7 Å². The van der Waals surface area contributed by atoms with Crippen molar-refractivity contribution >= 4 is 28.7 Å². The molecule has 5 rings (SSSR count). The number of amides is 1. The zero-order valence-electron chi connectivity index (χ0n) is 17.8. The Morgan fingerprint density at radius 3 is 2.74 bits per heavy atom. The van der Waals surface area contributed by atoms with Gasteiger partial charge in [0.15, 0.2) is 5.82 Å². The number of fused-ring (bicyclic) bond motifs is 1. The first-order valence-corrected chi connectivity index (χ1v) is 10.6. The minimum Gasteiger partial charge on any atom is -0.378 e.